The Morgan fingerprint density at radius 2 is 1.76 bits per heavy atom. The van der Waals surface area contributed by atoms with Gasteiger partial charge in [-0.2, -0.15) is 4.98 Å². The van der Waals surface area contributed by atoms with Crippen LogP contribution in [0.5, 0.6) is 5.75 Å². The maximum atomic E-state index is 12.6. The first-order valence-electron chi connectivity index (χ1n) is 8.82. The van der Waals surface area contributed by atoms with Crippen LogP contribution in [0.3, 0.4) is 0 Å². The number of furan rings is 1. The van der Waals surface area contributed by atoms with Crippen LogP contribution in [0.2, 0.25) is 0 Å². The summed E-state index contributed by atoms with van der Waals surface area (Å²) >= 11 is 0. The lowest BCUT2D eigenvalue weighted by Crippen LogP contribution is -2.04. The van der Waals surface area contributed by atoms with Crippen LogP contribution in [0.25, 0.3) is 23.0 Å². The Bertz CT molecular complexity index is 1240. The van der Waals surface area contributed by atoms with E-state index in [4.69, 9.17) is 13.7 Å². The first-order valence-corrected chi connectivity index (χ1v) is 10.5. The number of sulfone groups is 1. The van der Waals surface area contributed by atoms with Crippen LogP contribution in [0.1, 0.15) is 11.3 Å². The highest BCUT2D eigenvalue weighted by atomic mass is 32.2. The van der Waals surface area contributed by atoms with E-state index in [0.717, 1.165) is 5.56 Å². The number of rotatable bonds is 6. The molecule has 2 heterocycles. The third kappa shape index (κ3) is 3.93. The van der Waals surface area contributed by atoms with E-state index in [-0.39, 0.29) is 22.3 Å². The van der Waals surface area contributed by atoms with E-state index in [1.807, 2.05) is 25.1 Å². The summed E-state index contributed by atoms with van der Waals surface area (Å²) in [5, 5.41) is 3.97. The molecule has 4 rings (SSSR count). The van der Waals surface area contributed by atoms with Crippen molar-refractivity contribution in [3.8, 4) is 28.8 Å². The van der Waals surface area contributed by atoms with E-state index in [9.17, 15) is 8.42 Å². The Labute approximate surface area is 167 Å². The molecule has 0 unspecified atom stereocenters. The average molecular weight is 410 g/mol. The van der Waals surface area contributed by atoms with Gasteiger partial charge in [0.15, 0.2) is 15.6 Å². The van der Waals surface area contributed by atoms with Gasteiger partial charge in [0.05, 0.1) is 17.6 Å². The molecular weight excluding hydrogens is 392 g/mol. The molecule has 29 heavy (non-hydrogen) atoms. The number of ether oxygens (including phenoxy) is 1. The minimum absolute atomic E-state index is 0.157. The third-order valence-corrected chi connectivity index (χ3v) is 6.01. The van der Waals surface area contributed by atoms with Gasteiger partial charge in [0.1, 0.15) is 17.3 Å². The summed E-state index contributed by atoms with van der Waals surface area (Å²) in [5.41, 5.74) is 1.67. The fourth-order valence-corrected chi connectivity index (χ4v) is 4.10. The quantitative estimate of drug-likeness (QED) is 0.468. The lowest BCUT2D eigenvalue weighted by atomic mass is 10.2. The normalized spacial score (nSPS) is 11.5. The first kappa shape index (κ1) is 18.9. The van der Waals surface area contributed by atoms with E-state index in [0.29, 0.717) is 22.9 Å². The van der Waals surface area contributed by atoms with E-state index in [1.165, 1.54) is 0 Å². The summed E-state index contributed by atoms with van der Waals surface area (Å²) < 4.78 is 41.4. The molecule has 0 spiro atoms. The Hall–Kier alpha value is -3.39. The van der Waals surface area contributed by atoms with Gasteiger partial charge in [0.2, 0.25) is 5.82 Å². The smallest absolute Gasteiger partial charge is 0.293 e. The number of hydrogen-bond acceptors (Lipinski definition) is 7. The molecule has 0 aliphatic heterocycles. The Morgan fingerprint density at radius 3 is 2.52 bits per heavy atom. The summed E-state index contributed by atoms with van der Waals surface area (Å²) in [4.78, 5) is 4.58. The number of hydrogen-bond donors (Lipinski definition) is 0. The zero-order valence-corrected chi connectivity index (χ0v) is 16.6. The molecule has 0 saturated heterocycles. The van der Waals surface area contributed by atoms with Crippen LogP contribution in [0.4, 0.5) is 0 Å². The van der Waals surface area contributed by atoms with Crippen molar-refractivity contribution >= 4 is 9.84 Å². The van der Waals surface area contributed by atoms with Crippen molar-refractivity contribution in [2.75, 3.05) is 7.11 Å². The number of aryl methyl sites for hydroxylation is 1. The van der Waals surface area contributed by atoms with Crippen LogP contribution >= 0.6 is 0 Å². The van der Waals surface area contributed by atoms with E-state index >= 15 is 0 Å². The van der Waals surface area contributed by atoms with E-state index in [1.54, 1.807) is 49.6 Å². The fourth-order valence-electron chi connectivity index (χ4n) is 2.85. The van der Waals surface area contributed by atoms with Gasteiger partial charge in [-0.25, -0.2) is 8.42 Å². The Morgan fingerprint density at radius 1 is 1.00 bits per heavy atom. The van der Waals surface area contributed by atoms with Gasteiger partial charge in [0.25, 0.3) is 5.89 Å². The molecule has 0 radical (unpaired) electrons. The molecule has 2 aromatic heterocycles. The molecular formula is C21H18N2O5S. The van der Waals surface area contributed by atoms with Gasteiger partial charge >= 0.3 is 0 Å². The minimum Gasteiger partial charge on any atom is -0.496 e. The summed E-state index contributed by atoms with van der Waals surface area (Å²) in [6.45, 7) is 1.90. The second-order valence-corrected chi connectivity index (χ2v) is 8.45. The Balaban J connectivity index is 1.57. The SMILES string of the molecule is COc1ccccc1-c1noc(-c2ccc(CS(=O)(=O)c3ccc(C)cc3)o2)n1. The number of methoxy groups -OCH3 is 1. The zero-order chi connectivity index (χ0) is 20.4. The molecule has 0 aliphatic rings. The molecule has 0 aliphatic carbocycles. The zero-order valence-electron chi connectivity index (χ0n) is 15.8. The van der Waals surface area contributed by atoms with Gasteiger partial charge in [-0.3, -0.25) is 0 Å². The number of nitrogens with zero attached hydrogens (tertiary/aromatic N) is 2. The largest absolute Gasteiger partial charge is 0.496 e. The third-order valence-electron chi connectivity index (χ3n) is 4.36. The van der Waals surface area contributed by atoms with Crippen LogP contribution in [0, 0.1) is 6.92 Å². The second kappa shape index (κ2) is 7.56. The molecule has 0 N–H and O–H groups in total. The number of para-hydroxylation sites is 1. The molecule has 148 valence electrons. The first-order chi connectivity index (χ1) is 14.0. The maximum absolute atomic E-state index is 12.6. The van der Waals surface area contributed by atoms with Crippen LogP contribution in [0.15, 0.2) is 74.5 Å². The predicted octanol–water partition coefficient (Wildman–Crippen LogP) is 4.29. The highest BCUT2D eigenvalue weighted by Crippen LogP contribution is 2.30. The Kier molecular flexibility index (Phi) is 4.94. The molecule has 0 fully saturated rings. The van der Waals surface area contributed by atoms with Crippen molar-refractivity contribution in [3.63, 3.8) is 0 Å². The van der Waals surface area contributed by atoms with Crippen molar-refractivity contribution in [2.24, 2.45) is 0 Å². The molecule has 7 nitrogen and oxygen atoms in total. The number of benzene rings is 2. The lowest BCUT2D eigenvalue weighted by molar-refractivity contribution is 0.408. The van der Waals surface area contributed by atoms with E-state index < -0.39 is 9.84 Å². The monoisotopic (exact) mass is 410 g/mol. The van der Waals surface area contributed by atoms with Gasteiger partial charge in [-0.1, -0.05) is 35.0 Å². The number of aromatic nitrogens is 2. The van der Waals surface area contributed by atoms with Crippen molar-refractivity contribution in [1.29, 1.82) is 0 Å². The highest BCUT2D eigenvalue weighted by molar-refractivity contribution is 7.90. The van der Waals surface area contributed by atoms with Crippen LogP contribution in [-0.2, 0) is 15.6 Å². The standard InChI is InChI=1S/C21H18N2O5S/c1-14-7-10-16(11-8-14)29(24,25)13-15-9-12-19(27-15)21-22-20(23-28-21)17-5-3-4-6-18(17)26-2/h3-12H,13H2,1-2H3. The molecule has 0 atom stereocenters. The summed E-state index contributed by atoms with van der Waals surface area (Å²) in [7, 11) is -1.96. The second-order valence-electron chi connectivity index (χ2n) is 6.46. The fraction of sp³-hybridized carbons (Fsp3) is 0.143. The lowest BCUT2D eigenvalue weighted by Gasteiger charge is -2.03. The van der Waals surface area contributed by atoms with Gasteiger partial charge in [0, 0.05) is 0 Å². The van der Waals surface area contributed by atoms with Crippen molar-refractivity contribution < 1.29 is 22.1 Å². The summed E-state index contributed by atoms with van der Waals surface area (Å²) in [5.74, 6) is 1.45. The van der Waals surface area contributed by atoms with Crippen molar-refractivity contribution in [2.45, 2.75) is 17.6 Å². The maximum Gasteiger partial charge on any atom is 0.293 e. The molecule has 2 aromatic carbocycles. The molecule has 0 bridgehead atoms. The van der Waals surface area contributed by atoms with Crippen LogP contribution in [-0.4, -0.2) is 25.7 Å². The molecule has 8 heteroatoms. The van der Waals surface area contributed by atoms with E-state index in [2.05, 4.69) is 10.1 Å². The van der Waals surface area contributed by atoms with Crippen molar-refractivity contribution in [3.05, 3.63) is 72.0 Å². The summed E-state index contributed by atoms with van der Waals surface area (Å²) in [6.07, 6.45) is 0. The van der Waals surface area contributed by atoms with Crippen molar-refractivity contribution in [1.82, 2.24) is 10.1 Å². The van der Waals surface area contributed by atoms with Crippen LogP contribution < -0.4 is 4.74 Å². The predicted molar refractivity (Wildman–Crippen MR) is 106 cm³/mol. The summed E-state index contributed by atoms with van der Waals surface area (Å²) in [6, 6.07) is 17.2. The minimum atomic E-state index is -3.52. The topological polar surface area (TPSA) is 95.4 Å². The van der Waals surface area contributed by atoms with Gasteiger partial charge < -0.3 is 13.7 Å². The van der Waals surface area contributed by atoms with Gasteiger partial charge in [-0.15, -0.1) is 0 Å². The van der Waals surface area contributed by atoms with Gasteiger partial charge in [-0.05, 0) is 43.3 Å². The average Bonchev–Trinajstić information content (AvgIpc) is 3.37. The highest BCUT2D eigenvalue weighted by Gasteiger charge is 2.20. The molecule has 0 saturated carbocycles. The molecule has 0 amide bonds. The molecule has 4 aromatic rings.